The third kappa shape index (κ3) is 1.65. The van der Waals surface area contributed by atoms with Crippen LogP contribution in [0, 0.1) is 0 Å². The number of aromatic nitrogens is 2. The molecule has 0 spiro atoms. The first-order valence-electron chi connectivity index (χ1n) is 4.66. The molecule has 2 aromatic rings. The summed E-state index contributed by atoms with van der Waals surface area (Å²) in [4.78, 5) is 0. The molecule has 0 radical (unpaired) electrons. The molecular formula is C10H13N3S. The van der Waals surface area contributed by atoms with Crippen LogP contribution in [-0.4, -0.2) is 9.78 Å². The van der Waals surface area contributed by atoms with Crippen LogP contribution < -0.4 is 5.73 Å². The summed E-state index contributed by atoms with van der Waals surface area (Å²) < 4.78 is 1.91. The molecule has 0 amide bonds. The predicted molar refractivity (Wildman–Crippen MR) is 60.2 cm³/mol. The fourth-order valence-corrected chi connectivity index (χ4v) is 2.04. The Bertz CT molecular complexity index is 403. The maximum absolute atomic E-state index is 5.88. The van der Waals surface area contributed by atoms with Crippen LogP contribution in [0.5, 0.6) is 0 Å². The third-order valence-electron chi connectivity index (χ3n) is 2.04. The minimum Gasteiger partial charge on any atom is -0.396 e. The average molecular weight is 207 g/mol. The van der Waals surface area contributed by atoms with E-state index in [-0.39, 0.29) is 0 Å². The molecule has 0 aliphatic rings. The zero-order chi connectivity index (χ0) is 9.97. The van der Waals surface area contributed by atoms with Crippen LogP contribution in [0.1, 0.15) is 13.3 Å². The Morgan fingerprint density at radius 3 is 3.07 bits per heavy atom. The molecule has 2 aromatic heterocycles. The van der Waals surface area contributed by atoms with E-state index < -0.39 is 0 Å². The first kappa shape index (κ1) is 9.27. The highest BCUT2D eigenvalue weighted by Gasteiger charge is 2.07. The van der Waals surface area contributed by atoms with E-state index in [0.29, 0.717) is 0 Å². The van der Waals surface area contributed by atoms with Crippen molar-refractivity contribution in [2.45, 2.75) is 19.9 Å². The summed E-state index contributed by atoms with van der Waals surface area (Å²) in [6, 6.07) is 2.04. The monoisotopic (exact) mass is 207 g/mol. The van der Waals surface area contributed by atoms with E-state index in [4.69, 9.17) is 5.73 Å². The second kappa shape index (κ2) is 3.84. The molecule has 74 valence electrons. The van der Waals surface area contributed by atoms with Gasteiger partial charge in [-0.15, -0.1) is 0 Å². The van der Waals surface area contributed by atoms with Crippen LogP contribution >= 0.6 is 11.3 Å². The van der Waals surface area contributed by atoms with E-state index >= 15 is 0 Å². The van der Waals surface area contributed by atoms with Crippen LogP contribution in [0.2, 0.25) is 0 Å². The molecule has 0 fully saturated rings. The molecule has 0 atom stereocenters. The fraction of sp³-hybridized carbons (Fsp3) is 0.300. The number of anilines is 1. The number of rotatable bonds is 3. The highest BCUT2D eigenvalue weighted by molar-refractivity contribution is 7.08. The molecular weight excluding hydrogens is 194 g/mol. The molecule has 3 nitrogen and oxygen atoms in total. The van der Waals surface area contributed by atoms with Gasteiger partial charge in [0, 0.05) is 23.7 Å². The second-order valence-corrected chi connectivity index (χ2v) is 3.99. The number of nitrogens with two attached hydrogens (primary N) is 1. The molecule has 0 saturated carbocycles. The molecule has 4 heteroatoms. The van der Waals surface area contributed by atoms with Gasteiger partial charge in [-0.3, -0.25) is 4.68 Å². The average Bonchev–Trinajstić information content (AvgIpc) is 2.74. The molecule has 0 aromatic carbocycles. The lowest BCUT2D eigenvalue weighted by Gasteiger charge is -1.95. The van der Waals surface area contributed by atoms with Crippen molar-refractivity contribution in [1.82, 2.24) is 9.78 Å². The summed E-state index contributed by atoms with van der Waals surface area (Å²) in [6.45, 7) is 3.05. The van der Waals surface area contributed by atoms with Gasteiger partial charge in [-0.2, -0.15) is 16.4 Å². The number of hydrogen-bond donors (Lipinski definition) is 1. The highest BCUT2D eigenvalue weighted by atomic mass is 32.1. The number of thiophene rings is 1. The first-order chi connectivity index (χ1) is 6.81. The van der Waals surface area contributed by atoms with E-state index in [2.05, 4.69) is 17.4 Å². The fourth-order valence-electron chi connectivity index (χ4n) is 1.40. The molecule has 2 heterocycles. The van der Waals surface area contributed by atoms with Crippen LogP contribution in [0.15, 0.2) is 23.0 Å². The van der Waals surface area contributed by atoms with E-state index in [0.717, 1.165) is 29.9 Å². The van der Waals surface area contributed by atoms with Gasteiger partial charge in [0.15, 0.2) is 0 Å². The molecule has 0 aliphatic heterocycles. The van der Waals surface area contributed by atoms with Crippen molar-refractivity contribution in [3.8, 4) is 11.3 Å². The van der Waals surface area contributed by atoms with Gasteiger partial charge < -0.3 is 5.73 Å². The minimum atomic E-state index is 0.761. The Morgan fingerprint density at radius 1 is 1.57 bits per heavy atom. The molecule has 2 rings (SSSR count). The molecule has 0 unspecified atom stereocenters. The standard InChI is InChI=1S/C10H13N3S/c1-2-4-13-6-9(11)10(12-13)8-3-5-14-7-8/h3,5-7H,2,4,11H2,1H3. The van der Waals surface area contributed by atoms with Gasteiger partial charge in [0.05, 0.1) is 5.69 Å². The predicted octanol–water partition coefficient (Wildman–Crippen LogP) is 2.60. The largest absolute Gasteiger partial charge is 0.396 e. The van der Waals surface area contributed by atoms with E-state index in [1.54, 1.807) is 11.3 Å². The van der Waals surface area contributed by atoms with Gasteiger partial charge in [0.1, 0.15) is 5.69 Å². The Kier molecular flexibility index (Phi) is 2.54. The lowest BCUT2D eigenvalue weighted by molar-refractivity contribution is 0.605. The molecule has 0 aliphatic carbocycles. The zero-order valence-corrected chi connectivity index (χ0v) is 8.92. The van der Waals surface area contributed by atoms with E-state index in [9.17, 15) is 0 Å². The topological polar surface area (TPSA) is 43.8 Å². The van der Waals surface area contributed by atoms with Gasteiger partial charge >= 0.3 is 0 Å². The molecule has 0 bridgehead atoms. The molecule has 0 saturated heterocycles. The first-order valence-corrected chi connectivity index (χ1v) is 5.61. The van der Waals surface area contributed by atoms with Crippen molar-refractivity contribution in [1.29, 1.82) is 0 Å². The lowest BCUT2D eigenvalue weighted by atomic mass is 10.2. The van der Waals surface area contributed by atoms with Crippen molar-refractivity contribution in [2.24, 2.45) is 0 Å². The minimum absolute atomic E-state index is 0.761. The summed E-state index contributed by atoms with van der Waals surface area (Å²) in [6.07, 6.45) is 2.97. The van der Waals surface area contributed by atoms with E-state index in [1.165, 1.54) is 0 Å². The van der Waals surface area contributed by atoms with Gasteiger partial charge in [-0.25, -0.2) is 0 Å². The Balaban J connectivity index is 2.35. The van der Waals surface area contributed by atoms with Crippen molar-refractivity contribution < 1.29 is 0 Å². The van der Waals surface area contributed by atoms with Crippen LogP contribution in [-0.2, 0) is 6.54 Å². The van der Waals surface area contributed by atoms with Crippen LogP contribution in [0.3, 0.4) is 0 Å². The third-order valence-corrected chi connectivity index (χ3v) is 2.72. The van der Waals surface area contributed by atoms with Gasteiger partial charge in [0.2, 0.25) is 0 Å². The summed E-state index contributed by atoms with van der Waals surface area (Å²) >= 11 is 1.66. The summed E-state index contributed by atoms with van der Waals surface area (Å²) in [7, 11) is 0. The van der Waals surface area contributed by atoms with Crippen molar-refractivity contribution >= 4 is 17.0 Å². The quantitative estimate of drug-likeness (QED) is 0.840. The Morgan fingerprint density at radius 2 is 2.43 bits per heavy atom. The number of nitrogen functional groups attached to an aromatic ring is 1. The number of aryl methyl sites for hydroxylation is 1. The maximum atomic E-state index is 5.88. The van der Waals surface area contributed by atoms with Gasteiger partial charge in [-0.1, -0.05) is 6.92 Å². The van der Waals surface area contributed by atoms with Gasteiger partial charge in [-0.05, 0) is 17.9 Å². The van der Waals surface area contributed by atoms with Gasteiger partial charge in [0.25, 0.3) is 0 Å². The maximum Gasteiger partial charge on any atom is 0.116 e. The summed E-state index contributed by atoms with van der Waals surface area (Å²) in [5.41, 5.74) is 8.66. The van der Waals surface area contributed by atoms with Crippen molar-refractivity contribution in [3.63, 3.8) is 0 Å². The SMILES string of the molecule is CCCn1cc(N)c(-c2ccsc2)n1. The number of nitrogens with zero attached hydrogens (tertiary/aromatic N) is 2. The Labute approximate surface area is 87.2 Å². The zero-order valence-electron chi connectivity index (χ0n) is 8.10. The smallest absolute Gasteiger partial charge is 0.116 e. The second-order valence-electron chi connectivity index (χ2n) is 3.21. The normalized spacial score (nSPS) is 10.6. The number of hydrogen-bond acceptors (Lipinski definition) is 3. The summed E-state index contributed by atoms with van der Waals surface area (Å²) in [5.74, 6) is 0. The van der Waals surface area contributed by atoms with Crippen LogP contribution in [0.4, 0.5) is 5.69 Å². The lowest BCUT2D eigenvalue weighted by Crippen LogP contribution is -1.96. The van der Waals surface area contributed by atoms with E-state index in [1.807, 2.05) is 22.3 Å². The Hall–Kier alpha value is -1.29. The van der Waals surface area contributed by atoms with Crippen LogP contribution in [0.25, 0.3) is 11.3 Å². The van der Waals surface area contributed by atoms with Crippen molar-refractivity contribution in [3.05, 3.63) is 23.0 Å². The highest BCUT2D eigenvalue weighted by Crippen LogP contribution is 2.25. The van der Waals surface area contributed by atoms with Crippen molar-refractivity contribution in [2.75, 3.05) is 5.73 Å². The molecule has 14 heavy (non-hydrogen) atoms. The molecule has 2 N–H and O–H groups in total. The summed E-state index contributed by atoms with van der Waals surface area (Å²) in [5, 5.41) is 8.54.